The molecule has 7 nitrogen and oxygen atoms in total. The van der Waals surface area contributed by atoms with Gasteiger partial charge in [-0.15, -0.1) is 0 Å². The number of ether oxygens (including phenoxy) is 1. The van der Waals surface area contributed by atoms with Gasteiger partial charge in [0.2, 0.25) is 12.4 Å². The molecule has 0 atom stereocenters. The number of methoxy groups -OCH3 is 1. The van der Waals surface area contributed by atoms with Gasteiger partial charge in [0.1, 0.15) is 11.6 Å². The van der Waals surface area contributed by atoms with Gasteiger partial charge in [-0.25, -0.2) is 14.2 Å². The fourth-order valence-corrected chi connectivity index (χ4v) is 3.04. The highest BCUT2D eigenvalue weighted by molar-refractivity contribution is 6.01. The quantitative estimate of drug-likeness (QED) is 0.332. The van der Waals surface area contributed by atoms with E-state index in [9.17, 15) is 14.0 Å². The van der Waals surface area contributed by atoms with Gasteiger partial charge in [-0.2, -0.15) is 0 Å². The Morgan fingerprint density at radius 1 is 1.00 bits per heavy atom. The number of urea groups is 1. The molecular formula is C25H25FN4O3. The van der Waals surface area contributed by atoms with Crippen molar-refractivity contribution in [2.75, 3.05) is 14.2 Å². The molecule has 170 valence electrons. The highest BCUT2D eigenvalue weighted by Gasteiger charge is 2.18. The maximum absolute atomic E-state index is 13.7. The summed E-state index contributed by atoms with van der Waals surface area (Å²) in [6, 6.07) is 21.8. The van der Waals surface area contributed by atoms with Crippen molar-refractivity contribution >= 4 is 24.1 Å². The summed E-state index contributed by atoms with van der Waals surface area (Å²) in [6.45, 7) is 0.504. The van der Waals surface area contributed by atoms with Crippen LogP contribution in [-0.2, 0) is 17.9 Å². The van der Waals surface area contributed by atoms with Crippen LogP contribution in [0.25, 0.3) is 0 Å². The van der Waals surface area contributed by atoms with E-state index in [4.69, 9.17) is 4.74 Å². The summed E-state index contributed by atoms with van der Waals surface area (Å²) in [4.78, 5) is 31.9. The molecule has 0 radical (unpaired) electrons. The van der Waals surface area contributed by atoms with Gasteiger partial charge in [0.05, 0.1) is 19.3 Å². The number of hydrogen-bond donors (Lipinski definition) is 1. The Kier molecular flexibility index (Phi) is 8.13. The molecule has 1 N–H and O–H groups in total. The fourth-order valence-electron chi connectivity index (χ4n) is 3.04. The van der Waals surface area contributed by atoms with Crippen LogP contribution in [0.5, 0.6) is 5.75 Å². The Labute approximate surface area is 192 Å². The maximum atomic E-state index is 13.7. The molecule has 0 saturated heterocycles. The Morgan fingerprint density at radius 2 is 1.70 bits per heavy atom. The van der Waals surface area contributed by atoms with Crippen LogP contribution in [0.2, 0.25) is 0 Å². The number of benzene rings is 3. The Bertz CT molecular complexity index is 1100. The molecule has 3 aromatic carbocycles. The lowest BCUT2D eigenvalue weighted by molar-refractivity contribution is -0.115. The number of rotatable bonds is 7. The minimum Gasteiger partial charge on any atom is -0.497 e. The van der Waals surface area contributed by atoms with Gasteiger partial charge in [-0.1, -0.05) is 48.5 Å². The van der Waals surface area contributed by atoms with E-state index in [0.29, 0.717) is 18.7 Å². The van der Waals surface area contributed by atoms with Gasteiger partial charge in [-0.3, -0.25) is 15.0 Å². The zero-order valence-electron chi connectivity index (χ0n) is 18.4. The SMILES string of the molecule is COc1ccc(CN(C=O)C(=Nc2cccc(F)c2)NC(=O)N(C)Cc2ccccc2)cc1. The molecule has 0 heterocycles. The normalized spacial score (nSPS) is 10.9. The predicted molar refractivity (Wildman–Crippen MR) is 125 cm³/mol. The molecule has 3 rings (SSSR count). The zero-order valence-corrected chi connectivity index (χ0v) is 18.4. The molecule has 3 amide bonds. The van der Waals surface area contributed by atoms with E-state index in [1.54, 1.807) is 44.5 Å². The molecule has 33 heavy (non-hydrogen) atoms. The molecule has 0 aliphatic heterocycles. The molecule has 0 aliphatic rings. The van der Waals surface area contributed by atoms with Crippen molar-refractivity contribution in [2.45, 2.75) is 13.1 Å². The highest BCUT2D eigenvalue weighted by Crippen LogP contribution is 2.16. The van der Waals surface area contributed by atoms with Crippen molar-refractivity contribution in [1.29, 1.82) is 0 Å². The third-order valence-corrected chi connectivity index (χ3v) is 4.78. The van der Waals surface area contributed by atoms with Crippen LogP contribution < -0.4 is 10.1 Å². The monoisotopic (exact) mass is 448 g/mol. The Balaban J connectivity index is 1.84. The first-order valence-corrected chi connectivity index (χ1v) is 10.2. The average molecular weight is 448 g/mol. The molecule has 0 unspecified atom stereocenters. The van der Waals surface area contributed by atoms with E-state index < -0.39 is 11.8 Å². The minimum absolute atomic E-state index is 0.0173. The second-order valence-electron chi connectivity index (χ2n) is 7.27. The van der Waals surface area contributed by atoms with Crippen LogP contribution >= 0.6 is 0 Å². The molecule has 0 aromatic heterocycles. The number of guanidine groups is 1. The number of hydrogen-bond acceptors (Lipinski definition) is 4. The predicted octanol–water partition coefficient (Wildman–Crippen LogP) is 4.32. The summed E-state index contributed by atoms with van der Waals surface area (Å²) >= 11 is 0. The lowest BCUT2D eigenvalue weighted by Gasteiger charge is -2.24. The van der Waals surface area contributed by atoms with E-state index in [-0.39, 0.29) is 18.2 Å². The molecule has 0 saturated carbocycles. The zero-order chi connectivity index (χ0) is 23.6. The van der Waals surface area contributed by atoms with Crippen LogP contribution in [-0.4, -0.2) is 42.4 Å². The topological polar surface area (TPSA) is 74.2 Å². The number of nitrogens with one attached hydrogen (secondary N) is 1. The summed E-state index contributed by atoms with van der Waals surface area (Å²) in [5, 5.41) is 2.68. The minimum atomic E-state index is -0.476. The van der Waals surface area contributed by atoms with Crippen molar-refractivity contribution in [3.63, 3.8) is 0 Å². The first kappa shape index (κ1) is 23.5. The Morgan fingerprint density at radius 3 is 2.33 bits per heavy atom. The first-order chi connectivity index (χ1) is 16.0. The van der Waals surface area contributed by atoms with Crippen molar-refractivity contribution in [2.24, 2.45) is 4.99 Å². The molecule has 8 heteroatoms. The van der Waals surface area contributed by atoms with E-state index >= 15 is 0 Å². The Hall–Kier alpha value is -4.20. The summed E-state index contributed by atoms with van der Waals surface area (Å²) < 4.78 is 18.9. The molecule has 0 fully saturated rings. The van der Waals surface area contributed by atoms with Crippen LogP contribution in [0.1, 0.15) is 11.1 Å². The molecule has 0 bridgehead atoms. The summed E-state index contributed by atoms with van der Waals surface area (Å²) in [7, 11) is 3.20. The van der Waals surface area contributed by atoms with Crippen molar-refractivity contribution in [3.05, 3.63) is 95.8 Å². The van der Waals surface area contributed by atoms with Crippen molar-refractivity contribution in [3.8, 4) is 5.75 Å². The smallest absolute Gasteiger partial charge is 0.324 e. The average Bonchev–Trinajstić information content (AvgIpc) is 2.83. The van der Waals surface area contributed by atoms with E-state index in [0.717, 1.165) is 11.1 Å². The molecule has 3 aromatic rings. The van der Waals surface area contributed by atoms with Gasteiger partial charge in [-0.05, 0) is 41.5 Å². The van der Waals surface area contributed by atoms with Crippen LogP contribution in [0.3, 0.4) is 0 Å². The first-order valence-electron chi connectivity index (χ1n) is 10.2. The summed E-state index contributed by atoms with van der Waals surface area (Å²) in [6.07, 6.45) is 0.569. The third kappa shape index (κ3) is 6.90. The lowest BCUT2D eigenvalue weighted by Crippen LogP contribution is -2.47. The highest BCUT2D eigenvalue weighted by atomic mass is 19.1. The van der Waals surface area contributed by atoms with Crippen molar-refractivity contribution in [1.82, 2.24) is 15.1 Å². The number of amides is 3. The van der Waals surface area contributed by atoms with Gasteiger partial charge in [0, 0.05) is 13.6 Å². The number of carbonyl (C=O) groups excluding carboxylic acids is 2. The van der Waals surface area contributed by atoms with Gasteiger partial charge in [0.25, 0.3) is 0 Å². The van der Waals surface area contributed by atoms with E-state index in [1.165, 1.54) is 28.0 Å². The second-order valence-corrected chi connectivity index (χ2v) is 7.27. The molecular weight excluding hydrogens is 423 g/mol. The maximum Gasteiger partial charge on any atom is 0.324 e. The standard InChI is InChI=1S/C25H25FN4O3/c1-29(16-19-7-4-3-5-8-19)25(32)28-24(27-22-10-6-9-21(26)15-22)30(18-31)17-20-11-13-23(33-2)14-12-20/h3-15,18H,16-17H2,1-2H3,(H,27,28,32). The van der Waals surface area contributed by atoms with Gasteiger partial charge < -0.3 is 9.64 Å². The van der Waals surface area contributed by atoms with Crippen LogP contribution in [0.4, 0.5) is 14.9 Å². The largest absolute Gasteiger partial charge is 0.497 e. The number of halogens is 1. The number of aliphatic imine (C=N–C) groups is 1. The van der Waals surface area contributed by atoms with Gasteiger partial charge in [0.15, 0.2) is 0 Å². The lowest BCUT2D eigenvalue weighted by atomic mass is 10.2. The fraction of sp³-hybridized carbons (Fsp3) is 0.160. The van der Waals surface area contributed by atoms with E-state index in [2.05, 4.69) is 10.3 Å². The summed E-state index contributed by atoms with van der Waals surface area (Å²) in [5.41, 5.74) is 2.00. The number of nitrogens with zero attached hydrogens (tertiary/aromatic N) is 3. The van der Waals surface area contributed by atoms with Crippen LogP contribution in [0.15, 0.2) is 83.9 Å². The molecule has 0 spiro atoms. The van der Waals surface area contributed by atoms with Crippen LogP contribution in [0, 0.1) is 5.82 Å². The van der Waals surface area contributed by atoms with E-state index in [1.807, 2.05) is 30.3 Å². The van der Waals surface area contributed by atoms with Crippen molar-refractivity contribution < 1.29 is 18.7 Å². The third-order valence-electron chi connectivity index (χ3n) is 4.78. The second kappa shape index (κ2) is 11.4. The summed E-state index contributed by atoms with van der Waals surface area (Å²) in [5.74, 6) is 0.188. The van der Waals surface area contributed by atoms with Gasteiger partial charge >= 0.3 is 6.03 Å². The molecule has 0 aliphatic carbocycles. The number of carbonyl (C=O) groups is 2.